The number of anilines is 1. The highest BCUT2D eigenvalue weighted by atomic mass is 32.1. The van der Waals surface area contributed by atoms with Crippen LogP contribution in [0.25, 0.3) is 11.3 Å². The molecular weight excluding hydrogens is 372 g/mol. The van der Waals surface area contributed by atoms with E-state index in [4.69, 9.17) is 4.74 Å². The molecule has 0 saturated carbocycles. The highest BCUT2D eigenvalue weighted by molar-refractivity contribution is 7.08. The number of benzene rings is 2. The Hall–Kier alpha value is -2.93. The second-order valence-electron chi connectivity index (χ2n) is 6.79. The molecule has 1 amide bonds. The number of piperazine rings is 1. The number of hydrogen-bond acceptors (Lipinski definition) is 6. The van der Waals surface area contributed by atoms with Crippen molar-refractivity contribution in [3.05, 3.63) is 59.0 Å². The van der Waals surface area contributed by atoms with Gasteiger partial charge in [0.25, 0.3) is 5.91 Å². The number of nitrogens with zero attached hydrogens (tertiary/aromatic N) is 4. The minimum atomic E-state index is 0.0138. The van der Waals surface area contributed by atoms with Crippen LogP contribution in [-0.2, 0) is 0 Å². The van der Waals surface area contributed by atoms with E-state index in [0.717, 1.165) is 30.1 Å². The SMILES string of the molecule is COc1ccc(N2CCN(C(=O)c3snnc3-c3ccc(C)cc3)CC2)cc1. The maximum Gasteiger partial charge on any atom is 0.268 e. The molecule has 0 aliphatic carbocycles. The van der Waals surface area contributed by atoms with Crippen LogP contribution in [0.4, 0.5) is 5.69 Å². The predicted molar refractivity (Wildman–Crippen MR) is 111 cm³/mol. The van der Waals surface area contributed by atoms with Crippen LogP contribution in [0.2, 0.25) is 0 Å². The van der Waals surface area contributed by atoms with Gasteiger partial charge in [-0.05, 0) is 42.7 Å². The lowest BCUT2D eigenvalue weighted by atomic mass is 10.1. The zero-order valence-corrected chi connectivity index (χ0v) is 16.8. The molecule has 1 saturated heterocycles. The van der Waals surface area contributed by atoms with E-state index < -0.39 is 0 Å². The van der Waals surface area contributed by atoms with E-state index in [2.05, 4.69) is 26.6 Å². The molecular formula is C21H22N4O2S. The van der Waals surface area contributed by atoms with Gasteiger partial charge >= 0.3 is 0 Å². The summed E-state index contributed by atoms with van der Waals surface area (Å²) in [6, 6.07) is 16.1. The van der Waals surface area contributed by atoms with Gasteiger partial charge in [-0.2, -0.15) is 0 Å². The first kappa shape index (κ1) is 18.4. The summed E-state index contributed by atoms with van der Waals surface area (Å²) in [5, 5.41) is 4.21. The Morgan fingerprint density at radius 3 is 2.32 bits per heavy atom. The third kappa shape index (κ3) is 3.71. The molecule has 0 unspecified atom stereocenters. The summed E-state index contributed by atoms with van der Waals surface area (Å²) in [6.45, 7) is 4.98. The molecule has 28 heavy (non-hydrogen) atoms. The van der Waals surface area contributed by atoms with Gasteiger partial charge in [-0.1, -0.05) is 34.3 Å². The fourth-order valence-electron chi connectivity index (χ4n) is 3.34. The second-order valence-corrected chi connectivity index (χ2v) is 7.55. The molecule has 7 heteroatoms. The number of aromatic nitrogens is 2. The topological polar surface area (TPSA) is 58.6 Å². The number of methoxy groups -OCH3 is 1. The van der Waals surface area contributed by atoms with Gasteiger partial charge in [0.05, 0.1) is 7.11 Å². The van der Waals surface area contributed by atoms with Crippen LogP contribution in [-0.4, -0.2) is 53.7 Å². The fourth-order valence-corrected chi connectivity index (χ4v) is 3.99. The Morgan fingerprint density at radius 2 is 1.68 bits per heavy atom. The van der Waals surface area contributed by atoms with Crippen molar-refractivity contribution in [1.29, 1.82) is 0 Å². The van der Waals surface area contributed by atoms with Crippen LogP contribution in [0, 0.1) is 6.92 Å². The first-order chi connectivity index (χ1) is 13.7. The summed E-state index contributed by atoms with van der Waals surface area (Å²) >= 11 is 1.17. The molecule has 6 nitrogen and oxygen atoms in total. The van der Waals surface area contributed by atoms with Crippen molar-refractivity contribution in [2.24, 2.45) is 0 Å². The molecule has 0 spiro atoms. The van der Waals surface area contributed by atoms with E-state index in [1.165, 1.54) is 17.1 Å². The second kappa shape index (κ2) is 7.98. The van der Waals surface area contributed by atoms with Crippen LogP contribution in [0.15, 0.2) is 48.5 Å². The molecule has 1 fully saturated rings. The van der Waals surface area contributed by atoms with Crippen molar-refractivity contribution in [3.8, 4) is 17.0 Å². The van der Waals surface area contributed by atoms with Crippen molar-refractivity contribution < 1.29 is 9.53 Å². The van der Waals surface area contributed by atoms with Crippen molar-refractivity contribution in [3.63, 3.8) is 0 Å². The lowest BCUT2D eigenvalue weighted by Gasteiger charge is -2.36. The number of carbonyl (C=O) groups excluding carboxylic acids is 1. The van der Waals surface area contributed by atoms with E-state index in [9.17, 15) is 4.79 Å². The number of hydrogen-bond donors (Lipinski definition) is 0. The third-order valence-electron chi connectivity index (χ3n) is 5.01. The first-order valence-electron chi connectivity index (χ1n) is 9.23. The molecule has 3 aromatic rings. The van der Waals surface area contributed by atoms with Crippen LogP contribution in [0.5, 0.6) is 5.75 Å². The van der Waals surface area contributed by atoms with Crippen LogP contribution in [0.1, 0.15) is 15.2 Å². The number of amides is 1. The number of aryl methyl sites for hydroxylation is 1. The normalized spacial score (nSPS) is 14.2. The standard InChI is InChI=1S/C21H22N4O2S/c1-15-3-5-16(6-4-15)19-20(28-23-22-19)21(26)25-13-11-24(12-14-25)17-7-9-18(27-2)10-8-17/h3-10H,11-14H2,1-2H3. The van der Waals surface area contributed by atoms with Crippen molar-refractivity contribution in [2.45, 2.75) is 6.92 Å². The quantitative estimate of drug-likeness (QED) is 0.678. The zero-order chi connectivity index (χ0) is 19.5. The minimum Gasteiger partial charge on any atom is -0.497 e. The van der Waals surface area contributed by atoms with Crippen LogP contribution in [0.3, 0.4) is 0 Å². The summed E-state index contributed by atoms with van der Waals surface area (Å²) in [4.78, 5) is 17.9. The van der Waals surface area contributed by atoms with Gasteiger partial charge in [-0.15, -0.1) is 5.10 Å². The molecule has 2 aromatic carbocycles. The van der Waals surface area contributed by atoms with E-state index in [0.29, 0.717) is 23.7 Å². The predicted octanol–water partition coefficient (Wildman–Crippen LogP) is 3.48. The fraction of sp³-hybridized carbons (Fsp3) is 0.286. The molecule has 2 heterocycles. The number of ether oxygens (including phenoxy) is 1. The maximum atomic E-state index is 13.1. The Balaban J connectivity index is 1.44. The first-order valence-corrected chi connectivity index (χ1v) is 10.0. The molecule has 1 aromatic heterocycles. The number of rotatable bonds is 4. The molecule has 0 atom stereocenters. The zero-order valence-electron chi connectivity index (χ0n) is 16.0. The lowest BCUT2D eigenvalue weighted by Crippen LogP contribution is -2.48. The summed E-state index contributed by atoms with van der Waals surface area (Å²) < 4.78 is 9.26. The summed E-state index contributed by atoms with van der Waals surface area (Å²) in [5.41, 5.74) is 3.93. The van der Waals surface area contributed by atoms with Gasteiger partial charge in [0.1, 0.15) is 16.3 Å². The maximum absolute atomic E-state index is 13.1. The highest BCUT2D eigenvalue weighted by Gasteiger charge is 2.26. The highest BCUT2D eigenvalue weighted by Crippen LogP contribution is 2.27. The third-order valence-corrected chi connectivity index (χ3v) is 5.73. The minimum absolute atomic E-state index is 0.0138. The molecule has 0 radical (unpaired) electrons. The monoisotopic (exact) mass is 394 g/mol. The Labute approximate surface area is 168 Å². The molecule has 144 valence electrons. The summed E-state index contributed by atoms with van der Waals surface area (Å²) in [7, 11) is 1.67. The van der Waals surface area contributed by atoms with Crippen molar-refractivity contribution in [1.82, 2.24) is 14.5 Å². The smallest absolute Gasteiger partial charge is 0.268 e. The van der Waals surface area contributed by atoms with E-state index in [1.807, 2.05) is 48.2 Å². The molecule has 1 aliphatic heterocycles. The molecule has 0 N–H and O–H groups in total. The molecule has 4 rings (SSSR count). The van der Waals surface area contributed by atoms with Gasteiger partial charge in [-0.3, -0.25) is 4.79 Å². The van der Waals surface area contributed by atoms with Gasteiger partial charge in [0, 0.05) is 37.4 Å². The van der Waals surface area contributed by atoms with Gasteiger partial charge < -0.3 is 14.5 Å². The van der Waals surface area contributed by atoms with Crippen LogP contribution < -0.4 is 9.64 Å². The largest absolute Gasteiger partial charge is 0.497 e. The van der Waals surface area contributed by atoms with Crippen molar-refractivity contribution in [2.75, 3.05) is 38.2 Å². The summed E-state index contributed by atoms with van der Waals surface area (Å²) in [6.07, 6.45) is 0. The molecule has 0 bridgehead atoms. The van der Waals surface area contributed by atoms with Crippen LogP contribution >= 0.6 is 11.5 Å². The van der Waals surface area contributed by atoms with Gasteiger partial charge in [-0.25, -0.2) is 0 Å². The van der Waals surface area contributed by atoms with E-state index in [1.54, 1.807) is 7.11 Å². The average molecular weight is 395 g/mol. The Kier molecular flexibility index (Phi) is 5.25. The van der Waals surface area contributed by atoms with Gasteiger partial charge in [0.15, 0.2) is 0 Å². The Bertz CT molecular complexity index is 945. The average Bonchev–Trinajstić information content (AvgIpc) is 3.24. The molecule has 1 aliphatic rings. The Morgan fingerprint density at radius 1 is 1.00 bits per heavy atom. The van der Waals surface area contributed by atoms with E-state index >= 15 is 0 Å². The number of carbonyl (C=O) groups is 1. The lowest BCUT2D eigenvalue weighted by molar-refractivity contribution is 0.0752. The van der Waals surface area contributed by atoms with Gasteiger partial charge in [0.2, 0.25) is 0 Å². The summed E-state index contributed by atoms with van der Waals surface area (Å²) in [5.74, 6) is 0.860. The van der Waals surface area contributed by atoms with E-state index in [-0.39, 0.29) is 5.91 Å². The van der Waals surface area contributed by atoms with Crippen molar-refractivity contribution >= 4 is 23.1 Å².